The van der Waals surface area contributed by atoms with E-state index in [0.29, 0.717) is 16.9 Å². The van der Waals surface area contributed by atoms with Crippen LogP contribution in [0.15, 0.2) is 47.1 Å². The molecule has 0 saturated carbocycles. The molecule has 2 N–H and O–H groups in total. The van der Waals surface area contributed by atoms with Crippen molar-refractivity contribution in [2.24, 2.45) is 0 Å². The highest BCUT2D eigenvalue weighted by molar-refractivity contribution is 6.15. The summed E-state index contributed by atoms with van der Waals surface area (Å²) in [6.07, 6.45) is 4.80. The number of allylic oxidation sites excluding steroid dienone is 1. The number of furan rings is 1. The fraction of sp³-hybridized carbons (Fsp3) is 0.250. The van der Waals surface area contributed by atoms with E-state index in [0.717, 1.165) is 27.8 Å². The number of rotatable bonds is 7. The Bertz CT molecular complexity index is 1130. The third-order valence-corrected chi connectivity index (χ3v) is 4.93. The molecule has 3 aromatic rings. The first-order valence-corrected chi connectivity index (χ1v) is 9.58. The molecule has 0 atom stereocenters. The number of fused-ring (bicyclic) bond motifs is 1. The Hall–Kier alpha value is -3.54. The van der Waals surface area contributed by atoms with Crippen molar-refractivity contribution in [3.63, 3.8) is 0 Å². The Morgan fingerprint density at radius 2 is 1.80 bits per heavy atom. The molecule has 0 fully saturated rings. The van der Waals surface area contributed by atoms with Gasteiger partial charge in [-0.15, -0.1) is 0 Å². The van der Waals surface area contributed by atoms with E-state index in [2.05, 4.69) is 5.32 Å². The van der Waals surface area contributed by atoms with Crippen molar-refractivity contribution in [2.75, 3.05) is 12.4 Å². The molecule has 6 heteroatoms. The molecule has 0 aliphatic rings. The molecule has 2 aromatic carbocycles. The summed E-state index contributed by atoms with van der Waals surface area (Å²) in [6.45, 7) is 6.72. The van der Waals surface area contributed by atoms with E-state index >= 15 is 0 Å². The van der Waals surface area contributed by atoms with E-state index in [1.54, 1.807) is 18.4 Å². The first-order valence-electron chi connectivity index (χ1n) is 9.58. The van der Waals surface area contributed by atoms with Gasteiger partial charge in [-0.3, -0.25) is 4.79 Å². The number of carbonyl (C=O) groups is 2. The molecule has 1 aromatic heterocycles. The SMILES string of the molecule is CNc1ccc(C(=O)/C=C/c2cc(C)c(OC(C)(C)C(=O)O)c(C)c2)c2occc12. The minimum Gasteiger partial charge on any atom is -0.478 e. The summed E-state index contributed by atoms with van der Waals surface area (Å²) in [5, 5.41) is 13.2. The van der Waals surface area contributed by atoms with Crippen LogP contribution in [-0.4, -0.2) is 29.5 Å². The number of carboxylic acids is 1. The summed E-state index contributed by atoms with van der Waals surface area (Å²) in [6, 6.07) is 9.13. The van der Waals surface area contributed by atoms with Gasteiger partial charge in [0.15, 0.2) is 11.4 Å². The molecule has 6 nitrogen and oxygen atoms in total. The molecule has 1 heterocycles. The minimum absolute atomic E-state index is 0.166. The fourth-order valence-electron chi connectivity index (χ4n) is 3.28. The van der Waals surface area contributed by atoms with Crippen molar-refractivity contribution >= 4 is 34.5 Å². The van der Waals surface area contributed by atoms with Gasteiger partial charge in [0.1, 0.15) is 11.3 Å². The van der Waals surface area contributed by atoms with Crippen molar-refractivity contribution in [3.8, 4) is 5.75 Å². The maximum absolute atomic E-state index is 12.8. The zero-order valence-electron chi connectivity index (χ0n) is 17.7. The maximum atomic E-state index is 12.8. The number of ether oxygens (including phenoxy) is 1. The average Bonchev–Trinajstić information content (AvgIpc) is 3.18. The van der Waals surface area contributed by atoms with Gasteiger partial charge in [0.05, 0.1) is 11.8 Å². The largest absolute Gasteiger partial charge is 0.478 e. The second-order valence-electron chi connectivity index (χ2n) is 7.67. The molecule has 0 spiro atoms. The molecule has 0 unspecified atom stereocenters. The van der Waals surface area contributed by atoms with E-state index in [4.69, 9.17) is 9.15 Å². The molecule has 0 saturated heterocycles. The van der Waals surface area contributed by atoms with Crippen molar-refractivity contribution < 1.29 is 23.8 Å². The standard InChI is InChI=1S/C24H25NO5/c1-14-12-16(13-15(2)21(14)30-24(3,4)23(27)28)6-9-20(26)18-7-8-19(25-5)17-10-11-29-22(17)18/h6-13,25H,1-5H3,(H,27,28)/b9-6+. The van der Waals surface area contributed by atoms with Crippen molar-refractivity contribution in [2.45, 2.75) is 33.3 Å². The molecule has 0 radical (unpaired) electrons. The number of carboxylic acid groups (broad SMARTS) is 1. The number of anilines is 1. The van der Waals surface area contributed by atoms with Crippen LogP contribution in [0.25, 0.3) is 17.0 Å². The van der Waals surface area contributed by atoms with Gasteiger partial charge < -0.3 is 19.6 Å². The van der Waals surface area contributed by atoms with Crippen LogP contribution in [0.1, 0.15) is 40.9 Å². The second kappa shape index (κ2) is 8.06. The third-order valence-electron chi connectivity index (χ3n) is 4.93. The number of hydrogen-bond donors (Lipinski definition) is 2. The Morgan fingerprint density at radius 1 is 1.13 bits per heavy atom. The zero-order valence-corrected chi connectivity index (χ0v) is 17.7. The Kier molecular flexibility index (Phi) is 5.69. The summed E-state index contributed by atoms with van der Waals surface area (Å²) in [7, 11) is 1.82. The Labute approximate surface area is 175 Å². The molecule has 3 rings (SSSR count). The van der Waals surface area contributed by atoms with Gasteiger partial charge in [-0.1, -0.05) is 6.08 Å². The number of carbonyl (C=O) groups excluding carboxylic acids is 1. The molecular weight excluding hydrogens is 382 g/mol. The van der Waals surface area contributed by atoms with Crippen molar-refractivity contribution in [3.05, 3.63) is 64.9 Å². The van der Waals surface area contributed by atoms with Crippen LogP contribution >= 0.6 is 0 Å². The number of aliphatic carboxylic acids is 1. The van der Waals surface area contributed by atoms with Crippen LogP contribution in [0.4, 0.5) is 5.69 Å². The lowest BCUT2D eigenvalue weighted by Crippen LogP contribution is -2.38. The van der Waals surface area contributed by atoms with Crippen LogP contribution in [0.2, 0.25) is 0 Å². The number of hydrogen-bond acceptors (Lipinski definition) is 5. The lowest BCUT2D eigenvalue weighted by molar-refractivity contribution is -0.152. The second-order valence-corrected chi connectivity index (χ2v) is 7.67. The summed E-state index contributed by atoms with van der Waals surface area (Å²) in [5.74, 6) is -0.671. The lowest BCUT2D eigenvalue weighted by Gasteiger charge is -2.24. The highest BCUT2D eigenvalue weighted by Gasteiger charge is 2.30. The number of ketones is 1. The van der Waals surface area contributed by atoms with Gasteiger partial charge >= 0.3 is 5.97 Å². The normalized spacial score (nSPS) is 11.8. The first kappa shape index (κ1) is 21.2. The van der Waals surface area contributed by atoms with Gasteiger partial charge in [-0.25, -0.2) is 4.79 Å². The molecule has 0 amide bonds. The lowest BCUT2D eigenvalue weighted by atomic mass is 10.0. The summed E-state index contributed by atoms with van der Waals surface area (Å²) in [5.41, 5.74) is 3.00. The quantitative estimate of drug-likeness (QED) is 0.412. The zero-order chi connectivity index (χ0) is 22.1. The van der Waals surface area contributed by atoms with E-state index < -0.39 is 11.6 Å². The van der Waals surface area contributed by atoms with Gasteiger partial charge in [-0.2, -0.15) is 0 Å². The Balaban J connectivity index is 1.87. The highest BCUT2D eigenvalue weighted by Crippen LogP contribution is 2.30. The Morgan fingerprint density at radius 3 is 2.40 bits per heavy atom. The first-order chi connectivity index (χ1) is 14.1. The predicted octanol–water partition coefficient (Wildman–Crippen LogP) is 5.23. The smallest absolute Gasteiger partial charge is 0.347 e. The molecule has 0 aliphatic carbocycles. The van der Waals surface area contributed by atoms with Crippen molar-refractivity contribution in [1.29, 1.82) is 0 Å². The molecule has 0 bridgehead atoms. The van der Waals surface area contributed by atoms with Crippen LogP contribution < -0.4 is 10.1 Å². The third kappa shape index (κ3) is 4.08. The van der Waals surface area contributed by atoms with Crippen molar-refractivity contribution in [1.82, 2.24) is 0 Å². The van der Waals surface area contributed by atoms with Gasteiger partial charge in [0.25, 0.3) is 0 Å². The summed E-state index contributed by atoms with van der Waals surface area (Å²) >= 11 is 0. The number of aryl methyl sites for hydroxylation is 2. The fourth-order valence-corrected chi connectivity index (χ4v) is 3.28. The van der Waals surface area contributed by atoms with Crippen LogP contribution in [0.5, 0.6) is 5.75 Å². The summed E-state index contributed by atoms with van der Waals surface area (Å²) in [4.78, 5) is 24.1. The van der Waals surface area contributed by atoms with E-state index in [-0.39, 0.29) is 5.78 Å². The van der Waals surface area contributed by atoms with Gasteiger partial charge in [-0.05, 0) is 80.8 Å². The molecule has 30 heavy (non-hydrogen) atoms. The topological polar surface area (TPSA) is 88.8 Å². The van der Waals surface area contributed by atoms with Crippen LogP contribution in [-0.2, 0) is 4.79 Å². The van der Waals surface area contributed by atoms with Gasteiger partial charge in [0, 0.05) is 18.1 Å². The van der Waals surface area contributed by atoms with Gasteiger partial charge in [0.2, 0.25) is 0 Å². The summed E-state index contributed by atoms with van der Waals surface area (Å²) < 4.78 is 11.3. The van der Waals surface area contributed by atoms with Crippen LogP contribution in [0, 0.1) is 13.8 Å². The molecule has 156 valence electrons. The van der Waals surface area contributed by atoms with E-state index in [1.807, 2.05) is 45.2 Å². The average molecular weight is 407 g/mol. The highest BCUT2D eigenvalue weighted by atomic mass is 16.5. The van der Waals surface area contributed by atoms with E-state index in [9.17, 15) is 14.7 Å². The molecule has 0 aliphatic heterocycles. The maximum Gasteiger partial charge on any atom is 0.347 e. The predicted molar refractivity (Wildman–Crippen MR) is 117 cm³/mol. The number of nitrogens with one attached hydrogen (secondary N) is 1. The monoisotopic (exact) mass is 407 g/mol. The van der Waals surface area contributed by atoms with E-state index in [1.165, 1.54) is 19.9 Å². The minimum atomic E-state index is -1.34. The molecular formula is C24H25NO5. The number of benzene rings is 2. The van der Waals surface area contributed by atoms with Crippen LogP contribution in [0.3, 0.4) is 0 Å².